The molecular formula is C29H41NO3. The predicted molar refractivity (Wildman–Crippen MR) is 136 cm³/mol. The quantitative estimate of drug-likeness (QED) is 0.256. The Hall–Kier alpha value is -2.49. The predicted octanol–water partition coefficient (Wildman–Crippen LogP) is 8.25. The number of anilines is 1. The molecule has 0 N–H and O–H groups in total. The molecule has 1 amide bonds. The van der Waals surface area contributed by atoms with Crippen molar-refractivity contribution in [1.82, 2.24) is 0 Å². The molecule has 1 aliphatic rings. The molecule has 1 fully saturated rings. The van der Waals surface area contributed by atoms with Crippen LogP contribution in [0.25, 0.3) is 0 Å². The van der Waals surface area contributed by atoms with E-state index in [9.17, 15) is 4.79 Å². The van der Waals surface area contributed by atoms with Gasteiger partial charge in [0, 0.05) is 5.69 Å². The van der Waals surface area contributed by atoms with Gasteiger partial charge in [0.05, 0.1) is 13.2 Å². The first-order valence-corrected chi connectivity index (χ1v) is 13.0. The van der Waals surface area contributed by atoms with Crippen LogP contribution in [0.5, 0.6) is 5.75 Å². The summed E-state index contributed by atoms with van der Waals surface area (Å²) >= 11 is 0. The molecule has 3 rings (SSSR count). The van der Waals surface area contributed by atoms with Gasteiger partial charge in [-0.2, -0.15) is 0 Å². The highest BCUT2D eigenvalue weighted by atomic mass is 16.6. The van der Waals surface area contributed by atoms with Gasteiger partial charge in [0.2, 0.25) is 0 Å². The van der Waals surface area contributed by atoms with Gasteiger partial charge in [-0.05, 0) is 54.7 Å². The van der Waals surface area contributed by atoms with E-state index in [1.807, 2.05) is 24.3 Å². The van der Waals surface area contributed by atoms with E-state index in [1.165, 1.54) is 63.4 Å². The smallest absolute Gasteiger partial charge is 0.415 e. The van der Waals surface area contributed by atoms with Gasteiger partial charge in [0.25, 0.3) is 0 Å². The van der Waals surface area contributed by atoms with E-state index in [0.717, 1.165) is 36.4 Å². The lowest BCUT2D eigenvalue weighted by atomic mass is 10.0. The van der Waals surface area contributed by atoms with Crippen molar-refractivity contribution in [2.75, 3.05) is 18.1 Å². The Balaban J connectivity index is 1.45. The van der Waals surface area contributed by atoms with Crippen LogP contribution in [0.2, 0.25) is 0 Å². The number of hydrogen-bond donors (Lipinski definition) is 0. The molecule has 1 heterocycles. The number of amides is 1. The van der Waals surface area contributed by atoms with E-state index in [1.54, 1.807) is 4.90 Å². The van der Waals surface area contributed by atoms with Gasteiger partial charge in [0.15, 0.2) is 0 Å². The largest absolute Gasteiger partial charge is 0.494 e. The maximum atomic E-state index is 12.5. The van der Waals surface area contributed by atoms with Gasteiger partial charge in [-0.25, -0.2) is 4.79 Å². The summed E-state index contributed by atoms with van der Waals surface area (Å²) in [6.07, 6.45) is 13.2. The van der Waals surface area contributed by atoms with Gasteiger partial charge >= 0.3 is 6.09 Å². The standard InChI is InChI=1S/C29H41NO3/c1-3-5-7-9-10-12-22-32-27-20-18-26(19-21-27)30-23-28(33-29(30)31)25-16-14-24(15-17-25)13-11-8-6-4-2/h14-21,28H,3-13,22-23H2,1-2H3. The number of unbranched alkanes of at least 4 members (excludes halogenated alkanes) is 8. The van der Waals surface area contributed by atoms with E-state index in [-0.39, 0.29) is 12.2 Å². The Morgan fingerprint density at radius 2 is 1.45 bits per heavy atom. The topological polar surface area (TPSA) is 38.8 Å². The highest BCUT2D eigenvalue weighted by molar-refractivity contribution is 5.89. The molecule has 1 saturated heterocycles. The van der Waals surface area contributed by atoms with Crippen molar-refractivity contribution in [2.45, 2.75) is 90.6 Å². The lowest BCUT2D eigenvalue weighted by molar-refractivity contribution is 0.142. The number of aryl methyl sites for hydroxylation is 1. The summed E-state index contributed by atoms with van der Waals surface area (Å²) in [5, 5.41) is 0. The van der Waals surface area contributed by atoms with Crippen LogP contribution in [0, 0.1) is 0 Å². The summed E-state index contributed by atoms with van der Waals surface area (Å²) in [6.45, 7) is 5.75. The zero-order valence-electron chi connectivity index (χ0n) is 20.6. The van der Waals surface area contributed by atoms with Crippen LogP contribution in [0.4, 0.5) is 10.5 Å². The zero-order valence-corrected chi connectivity index (χ0v) is 20.6. The minimum atomic E-state index is -0.288. The van der Waals surface area contributed by atoms with Crippen LogP contribution < -0.4 is 9.64 Å². The molecule has 1 atom stereocenters. The van der Waals surface area contributed by atoms with Gasteiger partial charge in [-0.3, -0.25) is 4.90 Å². The third kappa shape index (κ3) is 8.10. The molecule has 0 aromatic heterocycles. The Morgan fingerprint density at radius 1 is 0.818 bits per heavy atom. The summed E-state index contributed by atoms with van der Waals surface area (Å²) in [4.78, 5) is 14.2. The second-order valence-corrected chi connectivity index (χ2v) is 9.15. The van der Waals surface area contributed by atoms with Gasteiger partial charge in [0.1, 0.15) is 11.9 Å². The Bertz CT molecular complexity index is 816. The fraction of sp³-hybridized carbons (Fsp3) is 0.552. The fourth-order valence-corrected chi connectivity index (χ4v) is 4.30. The average molecular weight is 452 g/mol. The van der Waals surface area contributed by atoms with Crippen LogP contribution in [-0.4, -0.2) is 19.2 Å². The second-order valence-electron chi connectivity index (χ2n) is 9.15. The molecule has 2 aromatic rings. The lowest BCUT2D eigenvalue weighted by Gasteiger charge is -2.14. The van der Waals surface area contributed by atoms with Crippen LogP contribution in [0.1, 0.15) is 95.3 Å². The number of nitrogens with zero attached hydrogens (tertiary/aromatic N) is 1. The second kappa shape index (κ2) is 13.9. The molecule has 2 aromatic carbocycles. The highest BCUT2D eigenvalue weighted by Gasteiger charge is 2.33. The molecule has 0 aliphatic carbocycles. The number of carbonyl (C=O) groups excluding carboxylic acids is 1. The lowest BCUT2D eigenvalue weighted by Crippen LogP contribution is -2.23. The van der Waals surface area contributed by atoms with Crippen LogP contribution in [0.3, 0.4) is 0 Å². The van der Waals surface area contributed by atoms with Crippen LogP contribution in [-0.2, 0) is 11.2 Å². The minimum Gasteiger partial charge on any atom is -0.494 e. The van der Waals surface area contributed by atoms with Gasteiger partial charge < -0.3 is 9.47 Å². The van der Waals surface area contributed by atoms with Crippen LogP contribution >= 0.6 is 0 Å². The van der Waals surface area contributed by atoms with E-state index in [2.05, 4.69) is 38.1 Å². The van der Waals surface area contributed by atoms with Crippen molar-refractivity contribution in [2.24, 2.45) is 0 Å². The SMILES string of the molecule is CCCCCCCCOc1ccc(N2CC(c3ccc(CCCCCC)cc3)OC2=O)cc1. The maximum Gasteiger partial charge on any atom is 0.415 e. The van der Waals surface area contributed by atoms with Crippen molar-refractivity contribution in [1.29, 1.82) is 0 Å². The fourth-order valence-electron chi connectivity index (χ4n) is 4.30. The van der Waals surface area contributed by atoms with E-state index >= 15 is 0 Å². The Kier molecular flexibility index (Phi) is 10.6. The molecular weight excluding hydrogens is 410 g/mol. The maximum absolute atomic E-state index is 12.5. The monoisotopic (exact) mass is 451 g/mol. The molecule has 0 radical (unpaired) electrons. The first-order valence-electron chi connectivity index (χ1n) is 13.0. The summed E-state index contributed by atoms with van der Waals surface area (Å²) < 4.78 is 11.5. The van der Waals surface area contributed by atoms with Crippen molar-refractivity contribution < 1.29 is 14.3 Å². The molecule has 180 valence electrons. The van der Waals surface area contributed by atoms with Crippen molar-refractivity contribution >= 4 is 11.8 Å². The number of ether oxygens (including phenoxy) is 2. The van der Waals surface area contributed by atoms with Gasteiger partial charge in [-0.15, -0.1) is 0 Å². The van der Waals surface area contributed by atoms with Crippen molar-refractivity contribution in [3.63, 3.8) is 0 Å². The number of hydrogen-bond acceptors (Lipinski definition) is 3. The molecule has 4 nitrogen and oxygen atoms in total. The van der Waals surface area contributed by atoms with Crippen LogP contribution in [0.15, 0.2) is 48.5 Å². The number of carbonyl (C=O) groups is 1. The first kappa shape index (κ1) is 25.1. The van der Waals surface area contributed by atoms with Gasteiger partial charge in [-0.1, -0.05) is 89.5 Å². The third-order valence-electron chi connectivity index (χ3n) is 6.40. The van der Waals surface area contributed by atoms with Crippen molar-refractivity contribution in [3.05, 3.63) is 59.7 Å². The molecule has 4 heteroatoms. The highest BCUT2D eigenvalue weighted by Crippen LogP contribution is 2.31. The van der Waals surface area contributed by atoms with E-state index < -0.39 is 0 Å². The summed E-state index contributed by atoms with van der Waals surface area (Å²) in [7, 11) is 0. The third-order valence-corrected chi connectivity index (χ3v) is 6.40. The molecule has 0 saturated carbocycles. The molecule has 1 aliphatic heterocycles. The van der Waals surface area contributed by atoms with E-state index in [4.69, 9.17) is 9.47 Å². The Morgan fingerprint density at radius 3 is 2.15 bits per heavy atom. The van der Waals surface area contributed by atoms with E-state index in [0.29, 0.717) is 6.54 Å². The zero-order chi connectivity index (χ0) is 23.3. The number of cyclic esters (lactones) is 1. The number of benzene rings is 2. The molecule has 0 spiro atoms. The number of rotatable bonds is 15. The first-order chi connectivity index (χ1) is 16.2. The average Bonchev–Trinajstić information content (AvgIpc) is 3.23. The van der Waals surface area contributed by atoms with Crippen molar-refractivity contribution in [3.8, 4) is 5.75 Å². The summed E-state index contributed by atoms with van der Waals surface area (Å²) in [5.74, 6) is 0.853. The normalized spacial score (nSPS) is 15.6. The molecule has 1 unspecified atom stereocenters. The molecule has 0 bridgehead atoms. The summed E-state index contributed by atoms with van der Waals surface area (Å²) in [5.41, 5.74) is 3.26. The minimum absolute atomic E-state index is 0.227. The Labute approximate surface area is 200 Å². The molecule has 33 heavy (non-hydrogen) atoms. The summed E-state index contributed by atoms with van der Waals surface area (Å²) in [6, 6.07) is 16.3.